The van der Waals surface area contributed by atoms with Crippen molar-refractivity contribution in [3.63, 3.8) is 0 Å². The molecule has 0 spiro atoms. The third-order valence-electron chi connectivity index (χ3n) is 2.95. The second kappa shape index (κ2) is 6.05. The molecule has 0 aromatic heterocycles. The predicted octanol–water partition coefficient (Wildman–Crippen LogP) is 4.44. The monoisotopic (exact) mass is 337 g/mol. The van der Waals surface area contributed by atoms with Crippen molar-refractivity contribution in [2.24, 2.45) is 0 Å². The minimum Gasteiger partial charge on any atom is -0.478 e. The van der Waals surface area contributed by atoms with E-state index in [-0.39, 0.29) is 11.4 Å². The largest absolute Gasteiger partial charge is 0.478 e. The molecule has 2 aromatic carbocycles. The van der Waals surface area contributed by atoms with Crippen molar-refractivity contribution in [2.75, 3.05) is 11.4 Å². The van der Waals surface area contributed by atoms with Gasteiger partial charge in [0.15, 0.2) is 0 Å². The zero-order valence-electron chi connectivity index (χ0n) is 10.8. The SMILES string of the molecule is CCN(c1ccc(F)cc1)c1ccc(C(=O)O)c(Br)c1. The van der Waals surface area contributed by atoms with E-state index in [0.717, 1.165) is 11.4 Å². The van der Waals surface area contributed by atoms with Gasteiger partial charge in [-0.05, 0) is 65.3 Å². The van der Waals surface area contributed by atoms with Crippen LogP contribution in [0.25, 0.3) is 0 Å². The van der Waals surface area contributed by atoms with E-state index in [1.54, 1.807) is 30.3 Å². The fourth-order valence-electron chi connectivity index (χ4n) is 1.98. The van der Waals surface area contributed by atoms with Gasteiger partial charge < -0.3 is 10.0 Å². The summed E-state index contributed by atoms with van der Waals surface area (Å²) in [5, 5.41) is 9.01. The molecule has 0 heterocycles. The van der Waals surface area contributed by atoms with E-state index in [1.165, 1.54) is 12.1 Å². The lowest BCUT2D eigenvalue weighted by Gasteiger charge is -2.23. The molecule has 0 fully saturated rings. The number of nitrogens with zero attached hydrogens (tertiary/aromatic N) is 1. The number of halogens is 2. The summed E-state index contributed by atoms with van der Waals surface area (Å²) in [5.74, 6) is -1.26. The Hall–Kier alpha value is -1.88. The van der Waals surface area contributed by atoms with Gasteiger partial charge in [-0.15, -0.1) is 0 Å². The van der Waals surface area contributed by atoms with Crippen molar-refractivity contribution in [1.82, 2.24) is 0 Å². The summed E-state index contributed by atoms with van der Waals surface area (Å²) in [6.45, 7) is 2.66. The van der Waals surface area contributed by atoms with E-state index in [4.69, 9.17) is 5.11 Å². The van der Waals surface area contributed by atoms with Gasteiger partial charge in [-0.3, -0.25) is 0 Å². The Morgan fingerprint density at radius 2 is 1.80 bits per heavy atom. The van der Waals surface area contributed by atoms with Crippen LogP contribution in [0.15, 0.2) is 46.9 Å². The molecule has 0 unspecified atom stereocenters. The zero-order chi connectivity index (χ0) is 14.7. The molecule has 0 saturated carbocycles. The van der Waals surface area contributed by atoms with Crippen LogP contribution in [-0.4, -0.2) is 17.6 Å². The highest BCUT2D eigenvalue weighted by Crippen LogP contribution is 2.29. The van der Waals surface area contributed by atoms with Crippen molar-refractivity contribution in [3.8, 4) is 0 Å². The van der Waals surface area contributed by atoms with Gasteiger partial charge in [-0.25, -0.2) is 9.18 Å². The molecule has 0 aliphatic rings. The maximum Gasteiger partial charge on any atom is 0.336 e. The fraction of sp³-hybridized carbons (Fsp3) is 0.133. The van der Waals surface area contributed by atoms with Gasteiger partial charge in [0.05, 0.1) is 5.56 Å². The molecule has 0 bridgehead atoms. The second-order valence-corrected chi connectivity index (χ2v) is 5.04. The molecule has 0 saturated heterocycles. The molecule has 0 aliphatic carbocycles. The third kappa shape index (κ3) is 2.99. The average Bonchev–Trinajstić information content (AvgIpc) is 2.41. The van der Waals surface area contributed by atoms with Gasteiger partial charge in [0.1, 0.15) is 5.82 Å². The standard InChI is InChI=1S/C15H13BrFNO2/c1-2-18(11-5-3-10(17)4-6-11)12-7-8-13(15(19)20)14(16)9-12/h3-9H,2H2,1H3,(H,19,20). The van der Waals surface area contributed by atoms with Gasteiger partial charge in [0.2, 0.25) is 0 Å². The first-order valence-electron chi connectivity index (χ1n) is 6.09. The number of anilines is 2. The summed E-state index contributed by atoms with van der Waals surface area (Å²) >= 11 is 3.26. The molecule has 20 heavy (non-hydrogen) atoms. The van der Waals surface area contributed by atoms with E-state index >= 15 is 0 Å². The highest BCUT2D eigenvalue weighted by atomic mass is 79.9. The predicted molar refractivity (Wildman–Crippen MR) is 80.2 cm³/mol. The summed E-state index contributed by atoms with van der Waals surface area (Å²) in [6, 6.07) is 11.2. The van der Waals surface area contributed by atoms with Crippen molar-refractivity contribution >= 4 is 33.3 Å². The Morgan fingerprint density at radius 3 is 2.30 bits per heavy atom. The molecule has 5 heteroatoms. The summed E-state index contributed by atoms with van der Waals surface area (Å²) in [7, 11) is 0. The average molecular weight is 338 g/mol. The van der Waals surface area contributed by atoms with Crippen LogP contribution < -0.4 is 4.90 Å². The Morgan fingerprint density at radius 1 is 1.20 bits per heavy atom. The Kier molecular flexibility index (Phi) is 4.39. The van der Waals surface area contributed by atoms with Crippen molar-refractivity contribution in [3.05, 3.63) is 58.3 Å². The highest BCUT2D eigenvalue weighted by Gasteiger charge is 2.12. The van der Waals surface area contributed by atoms with Gasteiger partial charge in [0.25, 0.3) is 0 Å². The van der Waals surface area contributed by atoms with Crippen LogP contribution in [0, 0.1) is 5.82 Å². The third-order valence-corrected chi connectivity index (χ3v) is 3.61. The number of aromatic carboxylic acids is 1. The number of rotatable bonds is 4. The Balaban J connectivity index is 2.39. The summed E-state index contributed by atoms with van der Waals surface area (Å²) in [6.07, 6.45) is 0. The fourth-order valence-corrected chi connectivity index (χ4v) is 2.52. The number of hydrogen-bond donors (Lipinski definition) is 1. The molecule has 104 valence electrons. The molecule has 2 aromatic rings. The molecule has 1 N–H and O–H groups in total. The van der Waals surface area contributed by atoms with Crippen LogP contribution in [-0.2, 0) is 0 Å². The van der Waals surface area contributed by atoms with Gasteiger partial charge >= 0.3 is 5.97 Å². The smallest absolute Gasteiger partial charge is 0.336 e. The second-order valence-electron chi connectivity index (χ2n) is 4.19. The molecule has 0 radical (unpaired) electrons. The molecule has 0 amide bonds. The van der Waals surface area contributed by atoms with E-state index in [1.807, 2.05) is 11.8 Å². The molecular formula is C15H13BrFNO2. The Bertz CT molecular complexity index is 628. The van der Waals surface area contributed by atoms with E-state index < -0.39 is 5.97 Å². The van der Waals surface area contributed by atoms with Gasteiger partial charge in [0, 0.05) is 22.4 Å². The van der Waals surface area contributed by atoms with Crippen LogP contribution >= 0.6 is 15.9 Å². The highest BCUT2D eigenvalue weighted by molar-refractivity contribution is 9.10. The van der Waals surface area contributed by atoms with Crippen LogP contribution in [0.5, 0.6) is 0 Å². The van der Waals surface area contributed by atoms with E-state index in [9.17, 15) is 9.18 Å². The number of benzene rings is 2. The summed E-state index contributed by atoms with van der Waals surface area (Å²) < 4.78 is 13.5. The normalized spacial score (nSPS) is 10.3. The van der Waals surface area contributed by atoms with E-state index in [0.29, 0.717) is 11.0 Å². The number of hydrogen-bond acceptors (Lipinski definition) is 2. The lowest BCUT2D eigenvalue weighted by atomic mass is 10.1. The molecular weight excluding hydrogens is 325 g/mol. The first-order chi connectivity index (χ1) is 9.52. The first kappa shape index (κ1) is 14.5. The first-order valence-corrected chi connectivity index (χ1v) is 6.88. The topological polar surface area (TPSA) is 40.5 Å². The summed E-state index contributed by atoms with van der Waals surface area (Å²) in [5.41, 5.74) is 1.91. The zero-order valence-corrected chi connectivity index (χ0v) is 12.4. The number of carboxylic acid groups (broad SMARTS) is 1. The van der Waals surface area contributed by atoms with Crippen molar-refractivity contribution in [2.45, 2.75) is 6.92 Å². The van der Waals surface area contributed by atoms with Crippen LogP contribution in [0.2, 0.25) is 0 Å². The number of carboxylic acids is 1. The van der Waals surface area contributed by atoms with Gasteiger partial charge in [-0.2, -0.15) is 0 Å². The molecule has 0 aliphatic heterocycles. The maximum atomic E-state index is 13.0. The lowest BCUT2D eigenvalue weighted by Crippen LogP contribution is -2.16. The minimum atomic E-state index is -0.978. The lowest BCUT2D eigenvalue weighted by molar-refractivity contribution is 0.0696. The van der Waals surface area contributed by atoms with Crippen LogP contribution in [0.4, 0.5) is 15.8 Å². The van der Waals surface area contributed by atoms with Crippen molar-refractivity contribution < 1.29 is 14.3 Å². The maximum absolute atomic E-state index is 13.0. The quantitative estimate of drug-likeness (QED) is 0.896. The molecule has 0 atom stereocenters. The van der Waals surface area contributed by atoms with E-state index in [2.05, 4.69) is 15.9 Å². The minimum absolute atomic E-state index is 0.212. The van der Waals surface area contributed by atoms with Crippen LogP contribution in [0.3, 0.4) is 0 Å². The number of carbonyl (C=O) groups is 1. The Labute approximate surface area is 124 Å². The molecule has 2 rings (SSSR count). The van der Waals surface area contributed by atoms with Crippen molar-refractivity contribution in [1.29, 1.82) is 0 Å². The molecule has 3 nitrogen and oxygen atoms in total. The van der Waals surface area contributed by atoms with Crippen LogP contribution in [0.1, 0.15) is 17.3 Å². The summed E-state index contributed by atoms with van der Waals surface area (Å²) in [4.78, 5) is 13.0. The van der Waals surface area contributed by atoms with Gasteiger partial charge in [-0.1, -0.05) is 0 Å².